The molecule has 0 N–H and O–H groups in total. The first-order chi connectivity index (χ1) is 9.60. The molecule has 0 aliphatic carbocycles. The van der Waals surface area contributed by atoms with Gasteiger partial charge in [-0.15, -0.1) is 0 Å². The summed E-state index contributed by atoms with van der Waals surface area (Å²) in [5.74, 6) is 0.247. The number of ketones is 1. The number of nitrogens with zero attached hydrogens (tertiary/aromatic N) is 2. The Labute approximate surface area is 122 Å². The molecule has 1 heterocycles. The van der Waals surface area contributed by atoms with E-state index in [1.165, 1.54) is 24.1 Å². The van der Waals surface area contributed by atoms with Gasteiger partial charge in [0, 0.05) is 31.7 Å². The number of rotatable bonds is 5. The van der Waals surface area contributed by atoms with Crippen molar-refractivity contribution in [1.82, 2.24) is 9.80 Å². The minimum absolute atomic E-state index is 0.247. The summed E-state index contributed by atoms with van der Waals surface area (Å²) in [5, 5.41) is 0. The first-order valence-corrected chi connectivity index (χ1v) is 7.65. The summed E-state index contributed by atoms with van der Waals surface area (Å²) < 4.78 is 0. The number of piperazine rings is 1. The van der Waals surface area contributed by atoms with Crippen molar-refractivity contribution >= 4 is 5.78 Å². The molecule has 1 saturated heterocycles. The molecule has 20 heavy (non-hydrogen) atoms. The molecular weight excluding hydrogens is 248 g/mol. The van der Waals surface area contributed by atoms with Crippen LogP contribution in [-0.4, -0.2) is 54.9 Å². The maximum absolute atomic E-state index is 12.3. The molecule has 0 unspecified atom stereocenters. The van der Waals surface area contributed by atoms with Crippen LogP contribution >= 0.6 is 0 Å². The number of carbonyl (C=O) groups excluding carboxylic acids is 1. The molecule has 0 radical (unpaired) electrons. The number of benzene rings is 1. The Morgan fingerprint density at radius 3 is 2.30 bits per heavy atom. The second kappa shape index (κ2) is 7.00. The molecule has 1 fully saturated rings. The average molecular weight is 274 g/mol. The van der Waals surface area contributed by atoms with Crippen molar-refractivity contribution in [2.75, 3.05) is 39.3 Å². The van der Waals surface area contributed by atoms with Gasteiger partial charge in [-0.3, -0.25) is 9.69 Å². The molecule has 0 atom stereocenters. The molecule has 0 saturated carbocycles. The minimum atomic E-state index is 0.247. The highest BCUT2D eigenvalue weighted by Crippen LogP contribution is 2.11. The highest BCUT2D eigenvalue weighted by molar-refractivity contribution is 5.97. The Bertz CT molecular complexity index is 462. The topological polar surface area (TPSA) is 23.6 Å². The second-order valence-electron chi connectivity index (χ2n) is 5.84. The Balaban J connectivity index is 1.87. The number of hydrogen-bond acceptors (Lipinski definition) is 3. The third kappa shape index (κ3) is 3.90. The van der Waals surface area contributed by atoms with Crippen LogP contribution in [-0.2, 0) is 0 Å². The van der Waals surface area contributed by atoms with Crippen molar-refractivity contribution in [3.05, 3.63) is 34.9 Å². The number of Topliss-reactive ketones (excluding diaryl/α,β-unsaturated/α-hetero) is 1. The first-order valence-electron chi connectivity index (χ1n) is 7.65. The van der Waals surface area contributed by atoms with E-state index in [9.17, 15) is 4.79 Å². The van der Waals surface area contributed by atoms with E-state index >= 15 is 0 Å². The molecular formula is C17H26N2O. The second-order valence-corrected chi connectivity index (χ2v) is 5.84. The maximum atomic E-state index is 12.3. The fraction of sp³-hybridized carbons (Fsp3) is 0.588. The highest BCUT2D eigenvalue weighted by Gasteiger charge is 2.19. The third-order valence-corrected chi connectivity index (χ3v) is 4.20. The lowest BCUT2D eigenvalue weighted by Crippen LogP contribution is -2.47. The number of aryl methyl sites for hydroxylation is 2. The largest absolute Gasteiger partial charge is 0.301 e. The van der Waals surface area contributed by atoms with E-state index in [0.717, 1.165) is 31.7 Å². The highest BCUT2D eigenvalue weighted by atomic mass is 16.1. The summed E-state index contributed by atoms with van der Waals surface area (Å²) in [4.78, 5) is 17.1. The molecule has 1 aliphatic heterocycles. The molecule has 0 aromatic heterocycles. The van der Waals surface area contributed by atoms with Crippen LogP contribution in [0, 0.1) is 13.8 Å². The van der Waals surface area contributed by atoms with Gasteiger partial charge >= 0.3 is 0 Å². The number of hydrogen-bond donors (Lipinski definition) is 0. The van der Waals surface area contributed by atoms with Crippen LogP contribution in [0.1, 0.15) is 34.8 Å². The van der Waals surface area contributed by atoms with Gasteiger partial charge in [-0.2, -0.15) is 0 Å². The molecule has 3 heteroatoms. The molecule has 3 nitrogen and oxygen atoms in total. The summed E-state index contributed by atoms with van der Waals surface area (Å²) in [6.45, 7) is 12.3. The van der Waals surface area contributed by atoms with Gasteiger partial charge in [0.2, 0.25) is 0 Å². The van der Waals surface area contributed by atoms with E-state index in [-0.39, 0.29) is 5.78 Å². The van der Waals surface area contributed by atoms with Crippen LogP contribution in [0.2, 0.25) is 0 Å². The zero-order valence-corrected chi connectivity index (χ0v) is 13.0. The van der Waals surface area contributed by atoms with E-state index in [0.29, 0.717) is 6.54 Å². The summed E-state index contributed by atoms with van der Waals surface area (Å²) in [6, 6.07) is 6.02. The zero-order valence-electron chi connectivity index (χ0n) is 13.0. The third-order valence-electron chi connectivity index (χ3n) is 4.20. The van der Waals surface area contributed by atoms with Crippen LogP contribution in [0.25, 0.3) is 0 Å². The van der Waals surface area contributed by atoms with Gasteiger partial charge in [-0.25, -0.2) is 0 Å². The molecule has 110 valence electrons. The van der Waals surface area contributed by atoms with Crippen molar-refractivity contribution in [2.24, 2.45) is 0 Å². The SMILES string of the molecule is CCCN1CCN(CC(=O)c2ccc(C)c(C)c2)CC1. The first kappa shape index (κ1) is 15.2. The predicted octanol–water partition coefficient (Wildman–Crippen LogP) is 2.51. The lowest BCUT2D eigenvalue weighted by Gasteiger charge is -2.34. The van der Waals surface area contributed by atoms with Crippen molar-refractivity contribution in [2.45, 2.75) is 27.2 Å². The fourth-order valence-electron chi connectivity index (χ4n) is 2.70. The lowest BCUT2D eigenvalue weighted by atomic mass is 10.0. The molecule has 1 aromatic carbocycles. The zero-order chi connectivity index (χ0) is 14.5. The Morgan fingerprint density at radius 2 is 1.70 bits per heavy atom. The monoisotopic (exact) mass is 274 g/mol. The standard InChI is InChI=1S/C17H26N2O/c1-4-7-18-8-10-19(11-9-18)13-17(20)16-6-5-14(2)15(3)12-16/h5-6,12H,4,7-11,13H2,1-3H3. The van der Waals surface area contributed by atoms with Gasteiger partial charge in [0.15, 0.2) is 5.78 Å². The predicted molar refractivity (Wildman–Crippen MR) is 83.4 cm³/mol. The summed E-state index contributed by atoms with van der Waals surface area (Å²) >= 11 is 0. The smallest absolute Gasteiger partial charge is 0.176 e. The van der Waals surface area contributed by atoms with Crippen LogP contribution < -0.4 is 0 Å². The van der Waals surface area contributed by atoms with Crippen LogP contribution in [0.5, 0.6) is 0 Å². The van der Waals surface area contributed by atoms with E-state index < -0.39 is 0 Å². The lowest BCUT2D eigenvalue weighted by molar-refractivity contribution is 0.0853. The van der Waals surface area contributed by atoms with E-state index in [2.05, 4.69) is 30.6 Å². The van der Waals surface area contributed by atoms with Crippen molar-refractivity contribution < 1.29 is 4.79 Å². The van der Waals surface area contributed by atoms with Gasteiger partial charge in [-0.1, -0.05) is 19.1 Å². The van der Waals surface area contributed by atoms with Crippen molar-refractivity contribution in [1.29, 1.82) is 0 Å². The summed E-state index contributed by atoms with van der Waals surface area (Å²) in [5.41, 5.74) is 3.29. The van der Waals surface area contributed by atoms with Crippen LogP contribution in [0.3, 0.4) is 0 Å². The molecule has 1 aromatic rings. The van der Waals surface area contributed by atoms with Crippen LogP contribution in [0.15, 0.2) is 18.2 Å². The van der Waals surface area contributed by atoms with Crippen molar-refractivity contribution in [3.8, 4) is 0 Å². The van der Waals surface area contributed by atoms with Gasteiger partial charge in [0.25, 0.3) is 0 Å². The van der Waals surface area contributed by atoms with Gasteiger partial charge < -0.3 is 4.90 Å². The molecule has 1 aliphatic rings. The molecule has 0 spiro atoms. The summed E-state index contributed by atoms with van der Waals surface area (Å²) in [7, 11) is 0. The van der Waals surface area contributed by atoms with Crippen LogP contribution in [0.4, 0.5) is 0 Å². The average Bonchev–Trinajstić information content (AvgIpc) is 2.44. The fourth-order valence-corrected chi connectivity index (χ4v) is 2.70. The van der Waals surface area contributed by atoms with Gasteiger partial charge in [-0.05, 0) is 44.0 Å². The van der Waals surface area contributed by atoms with Crippen molar-refractivity contribution in [3.63, 3.8) is 0 Å². The van der Waals surface area contributed by atoms with E-state index in [1.807, 2.05) is 18.2 Å². The maximum Gasteiger partial charge on any atom is 0.176 e. The Hall–Kier alpha value is -1.19. The Morgan fingerprint density at radius 1 is 1.05 bits per heavy atom. The molecule has 0 amide bonds. The molecule has 0 bridgehead atoms. The van der Waals surface area contributed by atoms with E-state index in [1.54, 1.807) is 0 Å². The molecule has 2 rings (SSSR count). The minimum Gasteiger partial charge on any atom is -0.301 e. The van der Waals surface area contributed by atoms with E-state index in [4.69, 9.17) is 0 Å². The Kier molecular flexibility index (Phi) is 5.32. The summed E-state index contributed by atoms with van der Waals surface area (Å²) in [6.07, 6.45) is 1.21. The normalized spacial score (nSPS) is 17.4. The van der Waals surface area contributed by atoms with Gasteiger partial charge in [0.1, 0.15) is 0 Å². The van der Waals surface area contributed by atoms with Gasteiger partial charge in [0.05, 0.1) is 6.54 Å². The quantitative estimate of drug-likeness (QED) is 0.771. The number of carbonyl (C=O) groups is 1.